The first-order valence-electron chi connectivity index (χ1n) is 5.05. The van der Waals surface area contributed by atoms with Gasteiger partial charge in [0.1, 0.15) is 0 Å². The van der Waals surface area contributed by atoms with Crippen LogP contribution in [-0.4, -0.2) is 27.7 Å². The van der Waals surface area contributed by atoms with E-state index >= 15 is 0 Å². The normalized spacial score (nSPS) is 21.3. The van der Waals surface area contributed by atoms with Crippen molar-refractivity contribution in [3.63, 3.8) is 0 Å². The maximum atomic E-state index is 4.54. The first-order valence-corrected chi connectivity index (χ1v) is 5.85. The number of pyridine rings is 1. The number of nitrogens with zero attached hydrogens (tertiary/aromatic N) is 3. The summed E-state index contributed by atoms with van der Waals surface area (Å²) in [7, 11) is 0. The smallest absolute Gasteiger partial charge is 0.156 e. The lowest BCUT2D eigenvalue weighted by Crippen LogP contribution is -2.08. The average molecular weight is 267 g/mol. The van der Waals surface area contributed by atoms with Gasteiger partial charge >= 0.3 is 0 Å². The molecule has 0 bridgehead atoms. The number of hydrogen-bond acceptors (Lipinski definition) is 3. The first kappa shape index (κ1) is 9.30. The molecular weight excluding hydrogens is 256 g/mol. The summed E-state index contributed by atoms with van der Waals surface area (Å²) >= 11 is 3.43. The number of nitrogens with one attached hydrogen (secondary N) is 1. The molecule has 0 aliphatic carbocycles. The fraction of sp³-hybridized carbons (Fsp3) is 0.400. The highest BCUT2D eigenvalue weighted by atomic mass is 79.9. The molecule has 1 aliphatic rings. The van der Waals surface area contributed by atoms with Crippen molar-refractivity contribution >= 4 is 21.6 Å². The summed E-state index contributed by atoms with van der Waals surface area (Å²) < 4.78 is 2.87. The SMILES string of the molecule is Brc1ccn2nc(C3CCNC3)nc2c1. The summed E-state index contributed by atoms with van der Waals surface area (Å²) in [5.74, 6) is 1.43. The number of aromatic nitrogens is 3. The van der Waals surface area contributed by atoms with Crippen LogP contribution < -0.4 is 5.32 Å². The predicted octanol–water partition coefficient (Wildman–Crippen LogP) is 1.57. The lowest BCUT2D eigenvalue weighted by atomic mass is 10.1. The van der Waals surface area contributed by atoms with Gasteiger partial charge < -0.3 is 5.32 Å². The topological polar surface area (TPSA) is 42.2 Å². The molecule has 0 amide bonds. The van der Waals surface area contributed by atoms with E-state index in [1.165, 1.54) is 0 Å². The zero-order valence-corrected chi connectivity index (χ0v) is 9.74. The second-order valence-electron chi connectivity index (χ2n) is 3.81. The van der Waals surface area contributed by atoms with Gasteiger partial charge in [-0.1, -0.05) is 15.9 Å². The van der Waals surface area contributed by atoms with E-state index in [-0.39, 0.29) is 0 Å². The molecule has 5 heteroatoms. The Bertz CT molecular complexity index is 487. The molecule has 3 rings (SSSR count). The Morgan fingerprint density at radius 2 is 2.47 bits per heavy atom. The minimum atomic E-state index is 0.476. The van der Waals surface area contributed by atoms with Crippen LogP contribution in [0.2, 0.25) is 0 Å². The van der Waals surface area contributed by atoms with Crippen molar-refractivity contribution in [1.29, 1.82) is 0 Å². The zero-order chi connectivity index (χ0) is 10.3. The third kappa shape index (κ3) is 1.66. The van der Waals surface area contributed by atoms with Crippen molar-refractivity contribution < 1.29 is 0 Å². The molecule has 3 heterocycles. The van der Waals surface area contributed by atoms with Gasteiger partial charge in [-0.15, -0.1) is 0 Å². The van der Waals surface area contributed by atoms with Gasteiger partial charge in [0.15, 0.2) is 11.5 Å². The molecule has 1 saturated heterocycles. The molecule has 2 aromatic heterocycles. The molecule has 2 aromatic rings. The van der Waals surface area contributed by atoms with Gasteiger partial charge in [-0.2, -0.15) is 5.10 Å². The highest BCUT2D eigenvalue weighted by Gasteiger charge is 2.20. The Balaban J connectivity index is 2.05. The summed E-state index contributed by atoms with van der Waals surface area (Å²) in [6, 6.07) is 3.96. The van der Waals surface area contributed by atoms with Crippen LogP contribution in [0.3, 0.4) is 0 Å². The highest BCUT2D eigenvalue weighted by Crippen LogP contribution is 2.20. The summed E-state index contributed by atoms with van der Waals surface area (Å²) in [6.45, 7) is 2.07. The van der Waals surface area contributed by atoms with Gasteiger partial charge in [0, 0.05) is 23.1 Å². The molecule has 1 atom stereocenters. The maximum absolute atomic E-state index is 4.54. The van der Waals surface area contributed by atoms with Crippen molar-refractivity contribution in [1.82, 2.24) is 19.9 Å². The number of hydrogen-bond donors (Lipinski definition) is 1. The van der Waals surface area contributed by atoms with E-state index in [0.717, 1.165) is 35.5 Å². The summed E-state index contributed by atoms with van der Waals surface area (Å²) in [4.78, 5) is 4.54. The van der Waals surface area contributed by atoms with Gasteiger partial charge in [0.2, 0.25) is 0 Å². The molecule has 1 fully saturated rings. The van der Waals surface area contributed by atoms with Crippen molar-refractivity contribution in [2.24, 2.45) is 0 Å². The van der Waals surface area contributed by atoms with Crippen LogP contribution >= 0.6 is 15.9 Å². The Hall–Kier alpha value is -0.940. The quantitative estimate of drug-likeness (QED) is 0.852. The van der Waals surface area contributed by atoms with E-state index in [0.29, 0.717) is 5.92 Å². The zero-order valence-electron chi connectivity index (χ0n) is 8.15. The third-order valence-corrected chi connectivity index (χ3v) is 3.23. The van der Waals surface area contributed by atoms with Crippen molar-refractivity contribution in [2.45, 2.75) is 12.3 Å². The van der Waals surface area contributed by atoms with Gasteiger partial charge in [0.25, 0.3) is 0 Å². The van der Waals surface area contributed by atoms with Crippen LogP contribution in [0.25, 0.3) is 5.65 Å². The van der Waals surface area contributed by atoms with Crippen LogP contribution in [0.5, 0.6) is 0 Å². The Labute approximate surface area is 95.8 Å². The van der Waals surface area contributed by atoms with Crippen molar-refractivity contribution in [3.8, 4) is 0 Å². The lowest BCUT2D eigenvalue weighted by Gasteiger charge is -1.99. The van der Waals surface area contributed by atoms with E-state index in [1.54, 1.807) is 0 Å². The van der Waals surface area contributed by atoms with Gasteiger partial charge in [0.05, 0.1) is 0 Å². The van der Waals surface area contributed by atoms with Crippen LogP contribution in [0, 0.1) is 0 Å². The highest BCUT2D eigenvalue weighted by molar-refractivity contribution is 9.10. The van der Waals surface area contributed by atoms with E-state index in [1.807, 2.05) is 22.8 Å². The first-order chi connectivity index (χ1) is 7.33. The van der Waals surface area contributed by atoms with Crippen molar-refractivity contribution in [2.75, 3.05) is 13.1 Å². The minimum absolute atomic E-state index is 0.476. The molecule has 1 N–H and O–H groups in total. The van der Waals surface area contributed by atoms with Gasteiger partial charge in [-0.05, 0) is 25.1 Å². The summed E-state index contributed by atoms with van der Waals surface area (Å²) in [5, 5.41) is 7.81. The summed E-state index contributed by atoms with van der Waals surface area (Å²) in [5.41, 5.74) is 0.909. The van der Waals surface area contributed by atoms with Gasteiger partial charge in [-0.3, -0.25) is 0 Å². The Morgan fingerprint density at radius 1 is 1.53 bits per heavy atom. The number of fused-ring (bicyclic) bond motifs is 1. The molecule has 1 aliphatic heterocycles. The Morgan fingerprint density at radius 3 is 3.27 bits per heavy atom. The molecule has 0 aromatic carbocycles. The Kier molecular flexibility index (Phi) is 2.21. The number of rotatable bonds is 1. The van der Waals surface area contributed by atoms with E-state index in [9.17, 15) is 0 Å². The molecule has 0 radical (unpaired) electrons. The molecule has 4 nitrogen and oxygen atoms in total. The third-order valence-electron chi connectivity index (χ3n) is 2.74. The maximum Gasteiger partial charge on any atom is 0.156 e. The second kappa shape index (κ2) is 3.57. The monoisotopic (exact) mass is 266 g/mol. The van der Waals surface area contributed by atoms with E-state index in [2.05, 4.69) is 31.3 Å². The predicted molar refractivity (Wildman–Crippen MR) is 60.9 cm³/mol. The molecule has 78 valence electrons. The fourth-order valence-electron chi connectivity index (χ4n) is 1.92. The van der Waals surface area contributed by atoms with Crippen molar-refractivity contribution in [3.05, 3.63) is 28.6 Å². The number of halogens is 1. The van der Waals surface area contributed by atoms with Gasteiger partial charge in [-0.25, -0.2) is 9.50 Å². The van der Waals surface area contributed by atoms with Crippen LogP contribution in [0.4, 0.5) is 0 Å². The lowest BCUT2D eigenvalue weighted by molar-refractivity contribution is 0.698. The standard InChI is InChI=1S/C10H11BrN4/c11-8-2-4-15-9(5-8)13-10(14-15)7-1-3-12-6-7/h2,4-5,7,12H,1,3,6H2. The fourth-order valence-corrected chi connectivity index (χ4v) is 2.24. The molecule has 15 heavy (non-hydrogen) atoms. The molecule has 0 saturated carbocycles. The van der Waals surface area contributed by atoms with Crippen LogP contribution in [0.15, 0.2) is 22.8 Å². The molecular formula is C10H11BrN4. The minimum Gasteiger partial charge on any atom is -0.316 e. The van der Waals surface area contributed by atoms with Crippen LogP contribution in [0.1, 0.15) is 18.2 Å². The second-order valence-corrected chi connectivity index (χ2v) is 4.72. The van der Waals surface area contributed by atoms with E-state index in [4.69, 9.17) is 0 Å². The molecule has 1 unspecified atom stereocenters. The van der Waals surface area contributed by atoms with Crippen LogP contribution in [-0.2, 0) is 0 Å². The average Bonchev–Trinajstić information content (AvgIpc) is 2.84. The largest absolute Gasteiger partial charge is 0.316 e. The summed E-state index contributed by atoms with van der Waals surface area (Å²) in [6.07, 6.45) is 3.07. The van der Waals surface area contributed by atoms with E-state index < -0.39 is 0 Å². The molecule has 0 spiro atoms.